The zero-order chi connectivity index (χ0) is 14.0. The molecule has 0 saturated carbocycles. The lowest BCUT2D eigenvalue weighted by Crippen LogP contribution is -2.38. The molecule has 1 atom stereocenters. The maximum absolute atomic E-state index is 11.4. The molecule has 0 radical (unpaired) electrons. The van der Waals surface area contributed by atoms with Gasteiger partial charge in [0.15, 0.2) is 0 Å². The minimum absolute atomic E-state index is 0.0448. The lowest BCUT2D eigenvalue weighted by atomic mass is 10.0. The first-order chi connectivity index (χ1) is 8.89. The topological polar surface area (TPSA) is 86.6 Å². The Morgan fingerprint density at radius 1 is 1.21 bits per heavy atom. The van der Waals surface area contributed by atoms with E-state index in [0.717, 1.165) is 0 Å². The van der Waals surface area contributed by atoms with E-state index in [4.69, 9.17) is 0 Å². The molecule has 1 unspecified atom stereocenters. The molecule has 0 aliphatic carbocycles. The highest BCUT2D eigenvalue weighted by atomic mass is 32.2. The summed E-state index contributed by atoms with van der Waals surface area (Å²) >= 11 is 0. The molecule has 0 spiro atoms. The fraction of sp³-hybridized carbons (Fsp3) is 0.538. The van der Waals surface area contributed by atoms with Gasteiger partial charge in [-0.1, -0.05) is 6.07 Å². The number of hydrogen-bond acceptors (Lipinski definition) is 5. The summed E-state index contributed by atoms with van der Waals surface area (Å²) in [4.78, 5) is 0. The molecular formula is C13H19NO4S. The van der Waals surface area contributed by atoms with Crippen LogP contribution in [0.4, 0.5) is 0 Å². The normalized spacial score (nSPS) is 21.1. The Bertz CT molecular complexity index is 522. The number of benzene rings is 1. The van der Waals surface area contributed by atoms with Crippen LogP contribution in [0, 0.1) is 0 Å². The van der Waals surface area contributed by atoms with Crippen molar-refractivity contribution in [3.05, 3.63) is 23.8 Å². The van der Waals surface area contributed by atoms with Crippen molar-refractivity contribution >= 4 is 9.84 Å². The van der Waals surface area contributed by atoms with Crippen molar-refractivity contribution in [1.82, 2.24) is 5.32 Å². The van der Waals surface area contributed by atoms with Crippen LogP contribution in [0.25, 0.3) is 0 Å². The summed E-state index contributed by atoms with van der Waals surface area (Å²) in [6.45, 7) is 1.85. The fourth-order valence-corrected chi connectivity index (χ4v) is 3.97. The van der Waals surface area contributed by atoms with Gasteiger partial charge in [0.05, 0.1) is 17.1 Å². The summed E-state index contributed by atoms with van der Waals surface area (Å²) in [7, 11) is -2.87. The Morgan fingerprint density at radius 3 is 2.26 bits per heavy atom. The van der Waals surface area contributed by atoms with Gasteiger partial charge in [0, 0.05) is 12.1 Å². The molecule has 6 heteroatoms. The SMILES string of the molecule is CC(NC1CCS(=O)(=O)CC1)c1c(O)cccc1O. The van der Waals surface area contributed by atoms with Gasteiger partial charge in [-0.3, -0.25) is 0 Å². The lowest BCUT2D eigenvalue weighted by molar-refractivity contribution is 0.384. The van der Waals surface area contributed by atoms with Crippen molar-refractivity contribution in [2.75, 3.05) is 11.5 Å². The van der Waals surface area contributed by atoms with Gasteiger partial charge in [-0.25, -0.2) is 8.42 Å². The number of phenols is 2. The second kappa shape index (κ2) is 5.38. The van der Waals surface area contributed by atoms with Crippen LogP contribution in [0.3, 0.4) is 0 Å². The molecular weight excluding hydrogens is 266 g/mol. The van der Waals surface area contributed by atoms with Crippen LogP contribution in [0.5, 0.6) is 11.5 Å². The van der Waals surface area contributed by atoms with Crippen LogP contribution in [0.1, 0.15) is 31.4 Å². The number of hydrogen-bond donors (Lipinski definition) is 3. The number of phenolic OH excluding ortho intramolecular Hbond substituents is 2. The second-order valence-corrected chi connectivity index (χ2v) is 7.33. The zero-order valence-electron chi connectivity index (χ0n) is 10.8. The summed E-state index contributed by atoms with van der Waals surface area (Å²) in [5.41, 5.74) is 0.455. The van der Waals surface area contributed by atoms with Gasteiger partial charge in [0.2, 0.25) is 0 Å². The Labute approximate surface area is 113 Å². The molecule has 19 heavy (non-hydrogen) atoms. The van der Waals surface area contributed by atoms with Crippen molar-refractivity contribution in [3.8, 4) is 11.5 Å². The highest BCUT2D eigenvalue weighted by Crippen LogP contribution is 2.32. The van der Waals surface area contributed by atoms with E-state index in [1.165, 1.54) is 12.1 Å². The van der Waals surface area contributed by atoms with Crippen molar-refractivity contribution in [1.29, 1.82) is 0 Å². The van der Waals surface area contributed by atoms with E-state index in [9.17, 15) is 18.6 Å². The van der Waals surface area contributed by atoms with E-state index in [-0.39, 0.29) is 35.1 Å². The van der Waals surface area contributed by atoms with Gasteiger partial charge in [0.1, 0.15) is 21.3 Å². The number of aromatic hydroxyl groups is 2. The zero-order valence-corrected chi connectivity index (χ0v) is 11.7. The first kappa shape index (κ1) is 14.1. The van der Waals surface area contributed by atoms with E-state index in [2.05, 4.69) is 5.32 Å². The quantitative estimate of drug-likeness (QED) is 0.780. The molecule has 1 aromatic rings. The van der Waals surface area contributed by atoms with Crippen LogP contribution in [-0.2, 0) is 9.84 Å². The van der Waals surface area contributed by atoms with Crippen LogP contribution in [0.2, 0.25) is 0 Å². The van der Waals surface area contributed by atoms with E-state index >= 15 is 0 Å². The van der Waals surface area contributed by atoms with Crippen molar-refractivity contribution in [2.45, 2.75) is 31.8 Å². The summed E-state index contributed by atoms with van der Waals surface area (Å²) in [5.74, 6) is 0.487. The highest BCUT2D eigenvalue weighted by Gasteiger charge is 2.26. The molecule has 1 fully saturated rings. The fourth-order valence-electron chi connectivity index (χ4n) is 2.48. The summed E-state index contributed by atoms with van der Waals surface area (Å²) in [6, 6.07) is 4.50. The largest absolute Gasteiger partial charge is 0.507 e. The third-order valence-corrected chi connectivity index (χ3v) is 5.25. The van der Waals surface area contributed by atoms with Crippen molar-refractivity contribution < 1.29 is 18.6 Å². The minimum Gasteiger partial charge on any atom is -0.507 e. The molecule has 0 amide bonds. The second-order valence-electron chi connectivity index (χ2n) is 5.02. The van der Waals surface area contributed by atoms with Crippen LogP contribution >= 0.6 is 0 Å². The predicted molar refractivity (Wildman–Crippen MR) is 73.0 cm³/mol. The maximum atomic E-state index is 11.4. The summed E-state index contributed by atoms with van der Waals surface area (Å²) in [6.07, 6.45) is 1.14. The van der Waals surface area contributed by atoms with E-state index in [1.54, 1.807) is 6.07 Å². The third kappa shape index (κ3) is 3.39. The van der Waals surface area contributed by atoms with Gasteiger partial charge in [-0.2, -0.15) is 0 Å². The first-order valence-corrected chi connectivity index (χ1v) is 8.18. The van der Waals surface area contributed by atoms with E-state index in [1.807, 2.05) is 6.92 Å². The standard InChI is InChI=1S/C13H19NO4S/c1-9(13-11(15)3-2-4-12(13)16)14-10-5-7-19(17,18)8-6-10/h2-4,9-10,14-16H,5-8H2,1H3. The average Bonchev–Trinajstić information content (AvgIpc) is 2.32. The number of sulfone groups is 1. The molecule has 0 aromatic heterocycles. The van der Waals surface area contributed by atoms with Gasteiger partial charge in [-0.15, -0.1) is 0 Å². The van der Waals surface area contributed by atoms with Crippen molar-refractivity contribution in [3.63, 3.8) is 0 Å². The average molecular weight is 285 g/mol. The van der Waals surface area contributed by atoms with E-state index < -0.39 is 9.84 Å². The van der Waals surface area contributed by atoms with Crippen molar-refractivity contribution in [2.24, 2.45) is 0 Å². The molecule has 1 aromatic carbocycles. The van der Waals surface area contributed by atoms with Gasteiger partial charge in [0.25, 0.3) is 0 Å². The Kier molecular flexibility index (Phi) is 4.01. The van der Waals surface area contributed by atoms with Crippen LogP contribution in [0.15, 0.2) is 18.2 Å². The molecule has 2 rings (SSSR count). The molecule has 1 aliphatic rings. The Balaban J connectivity index is 2.04. The van der Waals surface area contributed by atoms with Gasteiger partial charge >= 0.3 is 0 Å². The third-order valence-electron chi connectivity index (χ3n) is 3.53. The van der Waals surface area contributed by atoms with Gasteiger partial charge in [-0.05, 0) is 31.9 Å². The Morgan fingerprint density at radius 2 is 1.74 bits per heavy atom. The minimum atomic E-state index is -2.87. The molecule has 1 saturated heterocycles. The maximum Gasteiger partial charge on any atom is 0.150 e. The Hall–Kier alpha value is -1.27. The lowest BCUT2D eigenvalue weighted by Gasteiger charge is -2.27. The molecule has 1 heterocycles. The smallest absolute Gasteiger partial charge is 0.150 e. The molecule has 5 nitrogen and oxygen atoms in total. The van der Waals surface area contributed by atoms with Gasteiger partial charge < -0.3 is 15.5 Å². The monoisotopic (exact) mass is 285 g/mol. The first-order valence-electron chi connectivity index (χ1n) is 6.36. The number of rotatable bonds is 3. The van der Waals surface area contributed by atoms with Crippen LogP contribution < -0.4 is 5.32 Å². The molecule has 1 aliphatic heterocycles. The molecule has 106 valence electrons. The predicted octanol–water partition coefficient (Wildman–Crippen LogP) is 1.33. The molecule has 0 bridgehead atoms. The summed E-state index contributed by atoms with van der Waals surface area (Å²) in [5, 5.41) is 22.8. The van der Waals surface area contributed by atoms with Crippen LogP contribution in [-0.4, -0.2) is 36.2 Å². The van der Waals surface area contributed by atoms with E-state index in [0.29, 0.717) is 18.4 Å². The number of nitrogens with one attached hydrogen (secondary N) is 1. The highest BCUT2D eigenvalue weighted by molar-refractivity contribution is 7.91. The molecule has 3 N–H and O–H groups in total. The summed E-state index contributed by atoms with van der Waals surface area (Å²) < 4.78 is 22.7.